The minimum absolute atomic E-state index is 0.0304. The number of aliphatic hydroxyl groups is 1. The van der Waals surface area contributed by atoms with E-state index in [4.69, 9.17) is 24.6 Å². The van der Waals surface area contributed by atoms with Gasteiger partial charge in [0, 0.05) is 84.3 Å². The van der Waals surface area contributed by atoms with E-state index in [1.54, 1.807) is 11.9 Å². The van der Waals surface area contributed by atoms with Gasteiger partial charge < -0.3 is 65.3 Å². The molecule has 2 aromatic heterocycles. The van der Waals surface area contributed by atoms with Crippen molar-refractivity contribution < 1.29 is 66.9 Å². The van der Waals surface area contributed by atoms with Crippen molar-refractivity contribution in [2.24, 2.45) is 0 Å². The lowest BCUT2D eigenvalue weighted by atomic mass is 9.79. The van der Waals surface area contributed by atoms with Crippen LogP contribution in [0.3, 0.4) is 0 Å². The largest absolute Gasteiger partial charge is 0.756 e. The molecular weight excluding hydrogens is 1050 g/mol. The summed E-state index contributed by atoms with van der Waals surface area (Å²) >= 11 is 0. The molecule has 0 bridgehead atoms. The van der Waals surface area contributed by atoms with E-state index in [1.807, 2.05) is 24.3 Å². The number of phosphoric ester groups is 2. The molecule has 0 aliphatic carbocycles. The highest BCUT2D eigenvalue weighted by Gasteiger charge is 2.50. The van der Waals surface area contributed by atoms with Crippen LogP contribution in [0.4, 0.5) is 17.5 Å². The maximum atomic E-state index is 14.6. The molecule has 420 valence electrons. The summed E-state index contributed by atoms with van der Waals surface area (Å²) in [7, 11) is -8.76. The van der Waals surface area contributed by atoms with Gasteiger partial charge in [-0.25, -0.2) is 24.5 Å². The molecule has 5 aromatic rings. The summed E-state index contributed by atoms with van der Waals surface area (Å²) in [6, 6.07) is 16.5. The van der Waals surface area contributed by atoms with E-state index in [9.17, 15) is 38.5 Å². The quantitative estimate of drug-likeness (QED) is 0.0391. The summed E-state index contributed by atoms with van der Waals surface area (Å²) < 4.78 is 46.5. The smallest absolute Gasteiger partial charge is 0.470 e. The van der Waals surface area contributed by atoms with Gasteiger partial charge in [0.25, 0.3) is 13.7 Å². The lowest BCUT2D eigenvalue weighted by Crippen LogP contribution is -2.90. The summed E-state index contributed by atoms with van der Waals surface area (Å²) in [5, 5.41) is 22.8. The van der Waals surface area contributed by atoms with Crippen LogP contribution >= 0.6 is 15.6 Å². The third kappa shape index (κ3) is 12.6. The number of fused-ring (bicyclic) bond motifs is 5. The highest BCUT2D eigenvalue weighted by atomic mass is 31.2. The molecule has 78 heavy (non-hydrogen) atoms. The number of nitrogen functional groups attached to an aromatic ring is 1. The number of carbonyl (C=O) groups is 2. The third-order valence-electron chi connectivity index (χ3n) is 14.8. The fraction of sp³-hybridized carbons (Fsp3) is 0.509. The number of nitrogens with zero attached hydrogens (tertiary/aromatic N) is 5. The van der Waals surface area contributed by atoms with Crippen LogP contribution in [0.1, 0.15) is 144 Å². The molecule has 3 aromatic carbocycles. The average molecular weight is 1120 g/mol. The summed E-state index contributed by atoms with van der Waals surface area (Å²) in [5.41, 5.74) is 12.8. The number of imidazole rings is 1. The number of ether oxygens (including phenoxy) is 2. The lowest BCUT2D eigenvalue weighted by molar-refractivity contribution is -0.588. The Balaban J connectivity index is 0.803. The molecule has 23 nitrogen and oxygen atoms in total. The molecule has 0 radical (unpaired) electrons. The molecule has 9 rings (SSSR count). The number of nitrogens with one attached hydrogen (secondary N) is 4. The van der Waals surface area contributed by atoms with Crippen LogP contribution < -0.4 is 46.9 Å². The molecule has 1 fully saturated rings. The first-order valence-corrected chi connectivity index (χ1v) is 29.4. The lowest BCUT2D eigenvalue weighted by Gasteiger charge is -2.38. The molecule has 1 saturated heterocycles. The number of unbranched alkanes of at least 4 members (excludes halogenated alkanes) is 3. The van der Waals surface area contributed by atoms with Crippen molar-refractivity contribution in [2.75, 3.05) is 49.7 Å². The van der Waals surface area contributed by atoms with E-state index in [1.165, 1.54) is 15.7 Å². The number of aromatic nitrogens is 4. The first-order chi connectivity index (χ1) is 36.8. The van der Waals surface area contributed by atoms with Gasteiger partial charge in [0.1, 0.15) is 36.1 Å². The number of rotatable bonds is 20. The molecule has 0 saturated carbocycles. The van der Waals surface area contributed by atoms with Crippen LogP contribution in [0.25, 0.3) is 16.7 Å². The number of amides is 2. The van der Waals surface area contributed by atoms with Crippen molar-refractivity contribution in [3.63, 3.8) is 0 Å². The summed E-state index contributed by atoms with van der Waals surface area (Å²) in [6.07, 6.45) is -0.181. The van der Waals surface area contributed by atoms with Gasteiger partial charge in [-0.2, -0.15) is 0 Å². The van der Waals surface area contributed by atoms with Gasteiger partial charge in [-0.05, 0) is 94.5 Å². The van der Waals surface area contributed by atoms with Crippen molar-refractivity contribution in [3.05, 3.63) is 93.3 Å². The second-order valence-corrected chi connectivity index (χ2v) is 24.6. The minimum Gasteiger partial charge on any atom is -0.756 e. The molecule has 4 aliphatic heterocycles. The van der Waals surface area contributed by atoms with E-state index in [0.717, 1.165) is 76.5 Å². The minimum atomic E-state index is -5.27. The normalized spacial score (nSPS) is 22.6. The van der Waals surface area contributed by atoms with Crippen LogP contribution in [0.2, 0.25) is 0 Å². The number of carbonyl (C=O) groups excluding carboxylic acids is 2. The third-order valence-corrected chi connectivity index (χ3v) is 15.8. The Labute approximate surface area is 451 Å². The van der Waals surface area contributed by atoms with Gasteiger partial charge in [0.15, 0.2) is 28.7 Å². The van der Waals surface area contributed by atoms with Gasteiger partial charge in [-0.15, -0.1) is 0 Å². The van der Waals surface area contributed by atoms with E-state index < -0.39 is 46.8 Å². The zero-order chi connectivity index (χ0) is 56.1. The Morgan fingerprint density at radius 2 is 1.69 bits per heavy atom. The van der Waals surface area contributed by atoms with Crippen LogP contribution in [-0.4, -0.2) is 119 Å². The predicted molar refractivity (Wildman–Crippen MR) is 287 cm³/mol. The summed E-state index contributed by atoms with van der Waals surface area (Å²) in [4.78, 5) is 85.4. The van der Waals surface area contributed by atoms with E-state index in [-0.39, 0.29) is 52.2 Å². The predicted octanol–water partition coefficient (Wildman–Crippen LogP) is 3.30. The van der Waals surface area contributed by atoms with Crippen LogP contribution in [0.5, 0.6) is 11.5 Å². The summed E-state index contributed by atoms with van der Waals surface area (Å²) in [6.45, 7) is 13.6. The molecule has 7 atom stereocenters. The van der Waals surface area contributed by atoms with Gasteiger partial charge >= 0.3 is 7.82 Å². The fourth-order valence-corrected chi connectivity index (χ4v) is 12.4. The Bertz CT molecular complexity index is 3340. The van der Waals surface area contributed by atoms with E-state index >= 15 is 0 Å². The number of phosphoric acid groups is 2. The number of aliphatic hydroxyl groups excluding tert-OH is 1. The van der Waals surface area contributed by atoms with Crippen molar-refractivity contribution in [2.45, 2.75) is 140 Å². The molecule has 25 heteroatoms. The van der Waals surface area contributed by atoms with E-state index in [2.05, 4.69) is 106 Å². The first-order valence-electron chi connectivity index (χ1n) is 26.3. The number of nitrogens with two attached hydrogens (primary N) is 1. The number of benzene rings is 3. The Hall–Kier alpha value is -5.84. The zero-order valence-corrected chi connectivity index (χ0v) is 46.6. The summed E-state index contributed by atoms with van der Waals surface area (Å²) in [5.74, 6) is 1.81. The SMILES string of the molecule is CC1CC(C)(C)Nc2cc3c(cc21)C(c1ccccc1C(=O)N(C)CCCC(=O)NCCCCCCNc1nc2c(N)ncnc2n1[C@@H]1O[C@H](COP(=O)([O-])O)[C@@H](O)[C@H]1OP(=O)(O)O)=c1cc2c(cc1O3)=[NH+]C(C)(C)CC2C. The average Bonchev–Trinajstić information content (AvgIpc) is 3.87. The Morgan fingerprint density at radius 3 is 2.44 bits per heavy atom. The first kappa shape index (κ1) is 56.9. The monoisotopic (exact) mass is 1120 g/mol. The second kappa shape index (κ2) is 22.4. The fourth-order valence-electron chi connectivity index (χ4n) is 11.5. The molecule has 4 aliphatic rings. The number of hydrogen-bond donors (Lipinski definition) is 9. The van der Waals surface area contributed by atoms with Crippen LogP contribution in [-0.2, 0) is 27.7 Å². The second-order valence-electron chi connectivity index (χ2n) is 22.3. The van der Waals surface area contributed by atoms with Gasteiger partial charge in [0.2, 0.25) is 17.2 Å². The highest BCUT2D eigenvalue weighted by molar-refractivity contribution is 7.46. The van der Waals surface area contributed by atoms with E-state index in [0.29, 0.717) is 56.3 Å². The molecule has 6 heterocycles. The zero-order valence-electron chi connectivity index (χ0n) is 44.8. The van der Waals surface area contributed by atoms with Crippen molar-refractivity contribution >= 4 is 61.7 Å². The van der Waals surface area contributed by atoms with Gasteiger partial charge in [-0.3, -0.25) is 23.2 Å². The maximum absolute atomic E-state index is 14.6. The van der Waals surface area contributed by atoms with Crippen molar-refractivity contribution in [1.82, 2.24) is 29.7 Å². The van der Waals surface area contributed by atoms with Crippen LogP contribution in [0.15, 0.2) is 54.9 Å². The highest BCUT2D eigenvalue weighted by Crippen LogP contribution is 2.48. The Morgan fingerprint density at radius 1 is 0.962 bits per heavy atom. The standard InChI is InChI=1S/C53H70N10O13P2/c1-29-25-52(3,4)60-37-23-39-35(21-33(29)37)43(36-22-34-30(2)26-53(5,6)61-38(34)24-40(36)74-39)31-15-10-11-16-32(31)49(66)62(7)20-14-17-42(64)55-18-12-8-9-13-19-56-51-59-44-47(54)57-28-58-48(44)63(51)50-46(76-78(70,71)72)45(65)41(75-50)27-73-77(67,68)69/h10-11,15-16,21-24,28-30,41,45-46,50,60,65H,8-9,12-14,17-20,25-27H2,1-7H3,(H,55,64)(H,56,59)(H2,54,57,58)(H2,67,68,69)(H2,70,71,72)/t29?,30?,41-,45-,46-,50-/m1/s1. The molecule has 10 N–H and O–H groups in total. The molecular formula is C53H70N10O13P2. The van der Waals surface area contributed by atoms with Crippen LogP contribution in [0, 0.1) is 0 Å². The maximum Gasteiger partial charge on any atom is 0.470 e. The number of anilines is 3. The van der Waals surface area contributed by atoms with Gasteiger partial charge in [-0.1, -0.05) is 44.9 Å². The molecule has 2 amide bonds. The number of hydrogen-bond acceptors (Lipinski definition) is 16. The Kier molecular flexibility index (Phi) is 16.3. The molecule has 0 spiro atoms. The van der Waals surface area contributed by atoms with Gasteiger partial charge in [0.05, 0.1) is 12.7 Å². The molecule has 3 unspecified atom stereocenters. The van der Waals surface area contributed by atoms with Crippen molar-refractivity contribution in [1.29, 1.82) is 0 Å². The van der Waals surface area contributed by atoms with Crippen molar-refractivity contribution in [3.8, 4) is 11.5 Å². The topological polar surface area (TPSA) is 332 Å².